The number of aryl methyl sites for hydroxylation is 2. The second-order valence-corrected chi connectivity index (χ2v) is 6.42. The molecule has 0 heterocycles. The standard InChI is InChI=1S/C19H19F3/c1-18(11-9-14-5-3-2-4-6-14)12-10-15-13-16(19(20,21)22)7-8-17(15)18/h2-8,13H,9-12H2,1H3/t18-/m1/s1. The van der Waals surface area contributed by atoms with E-state index in [4.69, 9.17) is 0 Å². The first-order chi connectivity index (χ1) is 10.4. The maximum absolute atomic E-state index is 12.8. The molecule has 0 saturated heterocycles. The van der Waals surface area contributed by atoms with Gasteiger partial charge in [-0.3, -0.25) is 0 Å². The minimum atomic E-state index is -4.25. The fraction of sp³-hybridized carbons (Fsp3) is 0.368. The van der Waals surface area contributed by atoms with Gasteiger partial charge in [-0.25, -0.2) is 0 Å². The van der Waals surface area contributed by atoms with Crippen molar-refractivity contribution in [1.82, 2.24) is 0 Å². The lowest BCUT2D eigenvalue weighted by atomic mass is 9.79. The van der Waals surface area contributed by atoms with Crippen LogP contribution in [0, 0.1) is 0 Å². The van der Waals surface area contributed by atoms with E-state index in [2.05, 4.69) is 19.1 Å². The van der Waals surface area contributed by atoms with Crippen LogP contribution >= 0.6 is 0 Å². The smallest absolute Gasteiger partial charge is 0.166 e. The molecule has 2 aromatic carbocycles. The van der Waals surface area contributed by atoms with Crippen molar-refractivity contribution in [1.29, 1.82) is 0 Å². The summed E-state index contributed by atoms with van der Waals surface area (Å²) in [5.74, 6) is 0. The van der Waals surface area contributed by atoms with Crippen LogP contribution in [0.1, 0.15) is 42.0 Å². The first-order valence-corrected chi connectivity index (χ1v) is 7.63. The maximum Gasteiger partial charge on any atom is 0.416 e. The van der Waals surface area contributed by atoms with Gasteiger partial charge >= 0.3 is 6.18 Å². The summed E-state index contributed by atoms with van der Waals surface area (Å²) < 4.78 is 38.5. The third-order valence-corrected chi connectivity index (χ3v) is 4.84. The Hall–Kier alpha value is -1.77. The third-order valence-electron chi connectivity index (χ3n) is 4.84. The summed E-state index contributed by atoms with van der Waals surface area (Å²) in [6, 6.07) is 14.5. The lowest BCUT2D eigenvalue weighted by molar-refractivity contribution is -0.137. The Labute approximate surface area is 129 Å². The van der Waals surface area contributed by atoms with E-state index in [-0.39, 0.29) is 5.41 Å². The van der Waals surface area contributed by atoms with Crippen molar-refractivity contribution in [3.8, 4) is 0 Å². The molecule has 0 N–H and O–H groups in total. The van der Waals surface area contributed by atoms with Crippen LogP contribution < -0.4 is 0 Å². The Morgan fingerprint density at radius 1 is 1.05 bits per heavy atom. The van der Waals surface area contributed by atoms with Gasteiger partial charge < -0.3 is 0 Å². The van der Waals surface area contributed by atoms with E-state index in [0.717, 1.165) is 36.8 Å². The van der Waals surface area contributed by atoms with Crippen LogP contribution in [0.5, 0.6) is 0 Å². The molecule has 3 heteroatoms. The van der Waals surface area contributed by atoms with Crippen LogP contribution in [-0.2, 0) is 24.4 Å². The van der Waals surface area contributed by atoms with Gasteiger partial charge in [0.2, 0.25) is 0 Å². The van der Waals surface area contributed by atoms with Gasteiger partial charge in [0, 0.05) is 0 Å². The van der Waals surface area contributed by atoms with Crippen molar-refractivity contribution in [2.24, 2.45) is 0 Å². The fourth-order valence-corrected chi connectivity index (χ4v) is 3.44. The number of benzene rings is 2. The van der Waals surface area contributed by atoms with Gasteiger partial charge in [0.25, 0.3) is 0 Å². The SMILES string of the molecule is C[C@@]1(CCc2ccccc2)CCc2cc(C(F)(F)F)ccc21. The number of rotatable bonds is 3. The molecule has 0 nitrogen and oxygen atoms in total. The van der Waals surface area contributed by atoms with Crippen LogP contribution in [0.15, 0.2) is 48.5 Å². The van der Waals surface area contributed by atoms with Crippen molar-refractivity contribution in [3.05, 3.63) is 70.8 Å². The highest BCUT2D eigenvalue weighted by Gasteiger charge is 2.37. The molecule has 0 amide bonds. The molecule has 0 saturated carbocycles. The lowest BCUT2D eigenvalue weighted by Crippen LogP contribution is -2.19. The maximum atomic E-state index is 12.8. The molecule has 0 spiro atoms. The van der Waals surface area contributed by atoms with Crippen molar-refractivity contribution in [2.45, 2.75) is 44.2 Å². The molecular formula is C19H19F3. The van der Waals surface area contributed by atoms with Crippen LogP contribution in [-0.4, -0.2) is 0 Å². The highest BCUT2D eigenvalue weighted by atomic mass is 19.4. The molecule has 0 bridgehead atoms. The lowest BCUT2D eigenvalue weighted by Gasteiger charge is -2.26. The number of hydrogen-bond donors (Lipinski definition) is 0. The molecule has 0 aromatic heterocycles. The average Bonchev–Trinajstić information content (AvgIpc) is 2.83. The summed E-state index contributed by atoms with van der Waals surface area (Å²) in [6.45, 7) is 2.18. The molecule has 1 aliphatic carbocycles. The Balaban J connectivity index is 1.81. The Bertz CT molecular complexity index is 658. The molecule has 2 aromatic rings. The Kier molecular flexibility index (Phi) is 3.75. The zero-order valence-electron chi connectivity index (χ0n) is 12.6. The molecule has 0 aliphatic heterocycles. The summed E-state index contributed by atoms with van der Waals surface area (Å²) in [5.41, 5.74) is 2.69. The monoisotopic (exact) mass is 304 g/mol. The molecule has 1 aliphatic rings. The average molecular weight is 304 g/mol. The quantitative estimate of drug-likeness (QED) is 0.698. The van der Waals surface area contributed by atoms with E-state index < -0.39 is 11.7 Å². The van der Waals surface area contributed by atoms with Gasteiger partial charge in [-0.15, -0.1) is 0 Å². The first-order valence-electron chi connectivity index (χ1n) is 7.63. The minimum absolute atomic E-state index is 0.0185. The van der Waals surface area contributed by atoms with Gasteiger partial charge in [0.15, 0.2) is 0 Å². The van der Waals surface area contributed by atoms with Crippen molar-refractivity contribution in [3.63, 3.8) is 0 Å². The largest absolute Gasteiger partial charge is 0.416 e. The van der Waals surface area contributed by atoms with Crippen LogP contribution in [0.4, 0.5) is 13.2 Å². The molecule has 1 atom stereocenters. The van der Waals surface area contributed by atoms with Crippen LogP contribution in [0.3, 0.4) is 0 Å². The summed E-state index contributed by atoms with van der Waals surface area (Å²) in [7, 11) is 0. The molecular weight excluding hydrogens is 285 g/mol. The Morgan fingerprint density at radius 3 is 2.45 bits per heavy atom. The number of halogens is 3. The highest BCUT2D eigenvalue weighted by Crippen LogP contribution is 2.43. The van der Waals surface area contributed by atoms with E-state index in [1.807, 2.05) is 18.2 Å². The first kappa shape index (κ1) is 15.1. The van der Waals surface area contributed by atoms with E-state index >= 15 is 0 Å². The zero-order chi connectivity index (χ0) is 15.8. The van der Waals surface area contributed by atoms with Gasteiger partial charge in [-0.1, -0.05) is 43.3 Å². The van der Waals surface area contributed by atoms with E-state index in [0.29, 0.717) is 0 Å². The van der Waals surface area contributed by atoms with Gasteiger partial charge in [-0.2, -0.15) is 13.2 Å². The summed E-state index contributed by atoms with van der Waals surface area (Å²) >= 11 is 0. The van der Waals surface area contributed by atoms with Crippen molar-refractivity contribution < 1.29 is 13.2 Å². The van der Waals surface area contributed by atoms with Crippen LogP contribution in [0.2, 0.25) is 0 Å². The third kappa shape index (κ3) is 2.90. The molecule has 22 heavy (non-hydrogen) atoms. The van der Waals surface area contributed by atoms with Gasteiger partial charge in [0.1, 0.15) is 0 Å². The van der Waals surface area contributed by atoms with Crippen LogP contribution in [0.25, 0.3) is 0 Å². The summed E-state index contributed by atoms with van der Waals surface area (Å²) in [5, 5.41) is 0. The molecule has 116 valence electrons. The second kappa shape index (κ2) is 5.45. The Morgan fingerprint density at radius 2 is 1.77 bits per heavy atom. The fourth-order valence-electron chi connectivity index (χ4n) is 3.44. The normalized spacial score (nSPS) is 20.9. The highest BCUT2D eigenvalue weighted by molar-refractivity contribution is 5.42. The van der Waals surface area contributed by atoms with Gasteiger partial charge in [0.05, 0.1) is 5.56 Å². The van der Waals surface area contributed by atoms with E-state index in [1.54, 1.807) is 6.07 Å². The number of alkyl halides is 3. The molecule has 3 rings (SSSR count). The molecule has 0 radical (unpaired) electrons. The molecule has 0 unspecified atom stereocenters. The summed E-state index contributed by atoms with van der Waals surface area (Å²) in [4.78, 5) is 0. The minimum Gasteiger partial charge on any atom is -0.166 e. The van der Waals surface area contributed by atoms with Crippen molar-refractivity contribution in [2.75, 3.05) is 0 Å². The number of fused-ring (bicyclic) bond motifs is 1. The van der Waals surface area contributed by atoms with E-state index in [9.17, 15) is 13.2 Å². The van der Waals surface area contributed by atoms with E-state index in [1.165, 1.54) is 17.7 Å². The second-order valence-electron chi connectivity index (χ2n) is 6.42. The summed E-state index contributed by atoms with van der Waals surface area (Å²) in [6.07, 6.45) is -0.660. The predicted molar refractivity (Wildman–Crippen MR) is 81.9 cm³/mol. The predicted octanol–water partition coefficient (Wildman–Crippen LogP) is 5.54. The topological polar surface area (TPSA) is 0 Å². The van der Waals surface area contributed by atoms with Crippen molar-refractivity contribution >= 4 is 0 Å². The zero-order valence-corrected chi connectivity index (χ0v) is 12.6. The number of hydrogen-bond acceptors (Lipinski definition) is 0. The van der Waals surface area contributed by atoms with Gasteiger partial charge in [-0.05, 0) is 59.9 Å². The molecule has 0 fully saturated rings.